The largest absolute Gasteiger partial charge is 0.480 e. The summed E-state index contributed by atoms with van der Waals surface area (Å²) in [7, 11) is 1.52. The van der Waals surface area contributed by atoms with Crippen LogP contribution in [-0.2, 0) is 17.6 Å². The van der Waals surface area contributed by atoms with Crippen molar-refractivity contribution in [2.45, 2.75) is 12.8 Å². The summed E-state index contributed by atoms with van der Waals surface area (Å²) < 4.78 is 0. The summed E-state index contributed by atoms with van der Waals surface area (Å²) in [6.07, 6.45) is 1.91. The predicted molar refractivity (Wildman–Crippen MR) is 81.8 cm³/mol. The minimum absolute atomic E-state index is 0.228. The van der Waals surface area contributed by atoms with E-state index in [2.05, 4.69) is 12.1 Å². The molecule has 3 rings (SSSR count). The average molecular weight is 301 g/mol. The fraction of sp³-hybridized carbons (Fsp3) is 0.250. The van der Waals surface area contributed by atoms with Gasteiger partial charge in [0.2, 0.25) is 0 Å². The van der Waals surface area contributed by atoms with Gasteiger partial charge in [0, 0.05) is 11.9 Å². The molecule has 0 radical (unpaired) electrons. The lowest BCUT2D eigenvalue weighted by Crippen LogP contribution is -2.31. The molecule has 1 N–H and O–H groups in total. The molecule has 108 valence electrons. The van der Waals surface area contributed by atoms with Crippen LogP contribution in [0.15, 0.2) is 30.3 Å². The molecule has 0 aliphatic heterocycles. The second-order valence-corrected chi connectivity index (χ2v) is 6.23. The van der Waals surface area contributed by atoms with Gasteiger partial charge in [0.25, 0.3) is 5.91 Å². The van der Waals surface area contributed by atoms with Gasteiger partial charge < -0.3 is 10.0 Å². The van der Waals surface area contributed by atoms with Crippen LogP contribution >= 0.6 is 11.3 Å². The van der Waals surface area contributed by atoms with Gasteiger partial charge in [0.15, 0.2) is 0 Å². The first kappa shape index (κ1) is 13.8. The zero-order valence-electron chi connectivity index (χ0n) is 11.6. The van der Waals surface area contributed by atoms with Crippen LogP contribution in [0.1, 0.15) is 20.8 Å². The molecule has 21 heavy (non-hydrogen) atoms. The van der Waals surface area contributed by atoms with Crippen molar-refractivity contribution in [3.63, 3.8) is 0 Å². The van der Waals surface area contributed by atoms with E-state index in [0.29, 0.717) is 4.88 Å². The lowest BCUT2D eigenvalue weighted by atomic mass is 9.91. The van der Waals surface area contributed by atoms with Crippen molar-refractivity contribution in [1.82, 2.24) is 4.90 Å². The summed E-state index contributed by atoms with van der Waals surface area (Å²) in [5.41, 5.74) is 3.69. The molecular formula is C16H15NO3S. The first-order chi connectivity index (χ1) is 10.1. The molecule has 1 amide bonds. The highest BCUT2D eigenvalue weighted by Gasteiger charge is 2.23. The molecule has 0 unspecified atom stereocenters. The van der Waals surface area contributed by atoms with Crippen LogP contribution in [0.4, 0.5) is 0 Å². The summed E-state index contributed by atoms with van der Waals surface area (Å²) in [5.74, 6) is -1.23. The maximum absolute atomic E-state index is 12.3. The van der Waals surface area contributed by atoms with E-state index in [1.54, 1.807) is 0 Å². The number of nitrogens with zero attached hydrogens (tertiary/aromatic N) is 1. The maximum atomic E-state index is 12.3. The molecule has 4 nitrogen and oxygen atoms in total. The van der Waals surface area contributed by atoms with Gasteiger partial charge in [-0.15, -0.1) is 11.3 Å². The van der Waals surface area contributed by atoms with Gasteiger partial charge in [-0.25, -0.2) is 0 Å². The maximum Gasteiger partial charge on any atom is 0.323 e. The van der Waals surface area contributed by atoms with E-state index in [1.165, 1.54) is 40.0 Å². The van der Waals surface area contributed by atoms with Crippen molar-refractivity contribution in [1.29, 1.82) is 0 Å². The van der Waals surface area contributed by atoms with E-state index in [4.69, 9.17) is 5.11 Å². The van der Waals surface area contributed by atoms with E-state index in [0.717, 1.165) is 17.7 Å². The Morgan fingerprint density at radius 1 is 1.24 bits per heavy atom. The highest BCUT2D eigenvalue weighted by Crippen LogP contribution is 2.39. The number of amides is 1. The number of hydrogen-bond donors (Lipinski definition) is 1. The molecule has 0 bridgehead atoms. The molecule has 0 spiro atoms. The van der Waals surface area contributed by atoms with Crippen molar-refractivity contribution in [2.75, 3.05) is 13.6 Å². The van der Waals surface area contributed by atoms with Gasteiger partial charge in [-0.05, 0) is 35.6 Å². The molecule has 0 atom stereocenters. The van der Waals surface area contributed by atoms with Gasteiger partial charge >= 0.3 is 5.97 Å². The van der Waals surface area contributed by atoms with Gasteiger partial charge in [0.05, 0.1) is 4.88 Å². The van der Waals surface area contributed by atoms with Crippen LogP contribution < -0.4 is 0 Å². The highest BCUT2D eigenvalue weighted by molar-refractivity contribution is 7.17. The predicted octanol–water partition coefficient (Wildman–Crippen LogP) is 2.67. The lowest BCUT2D eigenvalue weighted by Gasteiger charge is -2.15. The fourth-order valence-corrected chi connectivity index (χ4v) is 3.91. The Balaban J connectivity index is 1.94. The number of benzene rings is 1. The summed E-state index contributed by atoms with van der Waals surface area (Å²) in [6.45, 7) is -0.280. The molecule has 1 aliphatic rings. The van der Waals surface area contributed by atoms with Crippen LogP contribution in [0.3, 0.4) is 0 Å². The number of hydrogen-bond acceptors (Lipinski definition) is 3. The Morgan fingerprint density at radius 2 is 1.95 bits per heavy atom. The number of carbonyl (C=O) groups excluding carboxylic acids is 1. The molecule has 1 aromatic carbocycles. The van der Waals surface area contributed by atoms with Crippen molar-refractivity contribution < 1.29 is 14.7 Å². The molecule has 0 saturated carbocycles. The monoisotopic (exact) mass is 301 g/mol. The van der Waals surface area contributed by atoms with Crippen molar-refractivity contribution >= 4 is 23.2 Å². The summed E-state index contributed by atoms with van der Waals surface area (Å²) in [4.78, 5) is 26.0. The van der Waals surface area contributed by atoms with Crippen LogP contribution in [-0.4, -0.2) is 35.5 Å². The molecule has 0 saturated heterocycles. The third kappa shape index (κ3) is 2.56. The van der Waals surface area contributed by atoms with E-state index in [-0.39, 0.29) is 12.5 Å². The van der Waals surface area contributed by atoms with Gasteiger partial charge in [0.1, 0.15) is 6.54 Å². The molecular weight excluding hydrogens is 286 g/mol. The number of thiophene rings is 1. The highest BCUT2D eigenvalue weighted by atomic mass is 32.1. The number of carboxylic acids is 1. The minimum atomic E-state index is -1.00. The molecule has 1 heterocycles. The van der Waals surface area contributed by atoms with Crippen LogP contribution in [0.2, 0.25) is 0 Å². The van der Waals surface area contributed by atoms with Crippen molar-refractivity contribution in [3.05, 3.63) is 46.3 Å². The number of likely N-dealkylation sites (N-methyl/N-ethyl adjacent to an activating group) is 1. The Bertz CT molecular complexity index is 720. The third-order valence-corrected chi connectivity index (χ3v) is 4.86. The Morgan fingerprint density at radius 3 is 2.71 bits per heavy atom. The fourth-order valence-electron chi connectivity index (χ4n) is 2.64. The smallest absolute Gasteiger partial charge is 0.323 e. The molecule has 1 aliphatic carbocycles. The van der Waals surface area contributed by atoms with Crippen LogP contribution in [0.5, 0.6) is 0 Å². The van der Waals surface area contributed by atoms with Crippen molar-refractivity contribution in [2.24, 2.45) is 0 Å². The number of rotatable bonds is 3. The standard InChI is InChI=1S/C16H15NO3S/c1-17(9-14(18)19)16(20)13-8-11-7-6-10-4-2-3-5-12(10)15(11)21-13/h2-5,8H,6-7,9H2,1H3,(H,18,19). The van der Waals surface area contributed by atoms with Crippen LogP contribution in [0, 0.1) is 0 Å². The normalized spacial score (nSPS) is 12.4. The number of carboxylic acid groups (broad SMARTS) is 1. The van der Waals surface area contributed by atoms with Gasteiger partial charge in [-0.3, -0.25) is 9.59 Å². The summed E-state index contributed by atoms with van der Waals surface area (Å²) in [6, 6.07) is 10.2. The summed E-state index contributed by atoms with van der Waals surface area (Å²) >= 11 is 1.46. The van der Waals surface area contributed by atoms with Gasteiger partial charge in [-0.1, -0.05) is 24.3 Å². The minimum Gasteiger partial charge on any atom is -0.480 e. The quantitative estimate of drug-likeness (QED) is 0.948. The van der Waals surface area contributed by atoms with E-state index in [1.807, 2.05) is 18.2 Å². The zero-order chi connectivity index (χ0) is 15.0. The SMILES string of the molecule is CN(CC(=O)O)C(=O)c1cc2c(s1)-c1ccccc1CC2. The van der Waals surface area contributed by atoms with Crippen LogP contribution in [0.25, 0.3) is 10.4 Å². The van der Waals surface area contributed by atoms with Gasteiger partial charge in [-0.2, -0.15) is 0 Å². The Labute approximate surface area is 126 Å². The third-order valence-electron chi connectivity index (χ3n) is 3.66. The number of carbonyl (C=O) groups is 2. The van der Waals surface area contributed by atoms with E-state index >= 15 is 0 Å². The first-order valence-electron chi connectivity index (χ1n) is 6.74. The molecule has 1 aromatic heterocycles. The topological polar surface area (TPSA) is 57.6 Å². The summed E-state index contributed by atoms with van der Waals surface area (Å²) in [5, 5.41) is 8.78. The van der Waals surface area contributed by atoms with E-state index < -0.39 is 5.97 Å². The first-order valence-corrected chi connectivity index (χ1v) is 7.56. The molecule has 0 fully saturated rings. The molecule has 2 aromatic rings. The number of aliphatic carboxylic acids is 1. The number of aryl methyl sites for hydroxylation is 2. The Hall–Kier alpha value is -2.14. The average Bonchev–Trinajstić information content (AvgIpc) is 2.90. The molecule has 5 heteroatoms. The van der Waals surface area contributed by atoms with Crippen molar-refractivity contribution in [3.8, 4) is 10.4 Å². The second-order valence-electron chi connectivity index (χ2n) is 5.18. The second kappa shape index (κ2) is 5.33. The van der Waals surface area contributed by atoms with E-state index in [9.17, 15) is 9.59 Å². The Kier molecular flexibility index (Phi) is 3.51. The number of fused-ring (bicyclic) bond motifs is 3. The lowest BCUT2D eigenvalue weighted by molar-refractivity contribution is -0.137. The zero-order valence-corrected chi connectivity index (χ0v) is 12.4.